The van der Waals surface area contributed by atoms with Crippen LogP contribution in [0.5, 0.6) is 5.75 Å². The monoisotopic (exact) mass is 772 g/mol. The number of amides is 1. The molecule has 276 valence electrons. The molecule has 2 unspecified atom stereocenters. The van der Waals surface area contributed by atoms with Crippen molar-refractivity contribution in [2.45, 2.75) is 61.9 Å². The average molecular weight is 773 g/mol. The number of halogens is 1. The molecule has 1 fully saturated rings. The van der Waals surface area contributed by atoms with Crippen molar-refractivity contribution in [1.82, 2.24) is 20.6 Å². The fraction of sp³-hybridized carbons (Fsp3) is 0.368. The summed E-state index contributed by atoms with van der Waals surface area (Å²) in [6, 6.07) is 17.9. The Kier molecular flexibility index (Phi) is 14.5. The Balaban J connectivity index is 1.32. The number of unbranched alkanes of at least 4 members (excludes halogenated alkanes) is 1. The second-order valence-corrected chi connectivity index (χ2v) is 14.7. The number of carbonyl (C=O) groups excluding carboxylic acids is 1. The largest absolute Gasteiger partial charge is 0.492 e. The number of pyridine rings is 1. The third-order valence-electron chi connectivity index (χ3n) is 8.67. The summed E-state index contributed by atoms with van der Waals surface area (Å²) in [5, 5.41) is 39.9. The van der Waals surface area contributed by atoms with Gasteiger partial charge in [0.15, 0.2) is 0 Å². The van der Waals surface area contributed by atoms with Gasteiger partial charge in [0.1, 0.15) is 52.0 Å². The molecule has 1 aliphatic heterocycles. The zero-order chi connectivity index (χ0) is 37.7. The lowest BCUT2D eigenvalue weighted by Crippen LogP contribution is -2.50. The van der Waals surface area contributed by atoms with Crippen molar-refractivity contribution in [2.75, 3.05) is 37.7 Å². The number of aliphatic carboxylic acids is 1. The molecule has 2 aromatic carbocycles. The summed E-state index contributed by atoms with van der Waals surface area (Å²) >= 11 is 9.03. The van der Waals surface area contributed by atoms with Crippen molar-refractivity contribution < 1.29 is 19.4 Å². The van der Waals surface area contributed by atoms with Gasteiger partial charge in [-0.25, -0.2) is 9.97 Å². The summed E-state index contributed by atoms with van der Waals surface area (Å²) < 4.78 is 5.97. The first-order chi connectivity index (χ1) is 25.7. The molecule has 12 nitrogen and oxygen atoms in total. The van der Waals surface area contributed by atoms with Gasteiger partial charge in [-0.05, 0) is 69.0 Å². The third-order valence-corrected chi connectivity index (χ3v) is 10.9. The first-order valence-corrected chi connectivity index (χ1v) is 19.6. The van der Waals surface area contributed by atoms with E-state index >= 15 is 0 Å². The standard InChI is InChI=1S/C38H41ClN8O4S2/c1-24(38(49)50)44-35(48)32(6-2-3-15-40)43-16-19-51-29-13-9-25(10-14-29)33-30(20-41)34(47-17-4-5-18-47)46-37(31(33)21-42)53-23-28-22-52-36(45-28)26-7-11-27(39)12-8-26/h7-14,22,24,32,43H,2-6,15-19,23,40H2,1H3,(H,44,48)(H,49,50). The first-order valence-electron chi connectivity index (χ1n) is 17.4. The van der Waals surface area contributed by atoms with Gasteiger partial charge >= 0.3 is 5.97 Å². The Bertz CT molecular complexity index is 1950. The zero-order valence-electron chi connectivity index (χ0n) is 29.3. The molecule has 53 heavy (non-hydrogen) atoms. The molecule has 5 rings (SSSR count). The van der Waals surface area contributed by atoms with Crippen LogP contribution < -0.4 is 26.0 Å². The summed E-state index contributed by atoms with van der Waals surface area (Å²) in [4.78, 5) is 35.8. The molecule has 4 aromatic rings. The lowest BCUT2D eigenvalue weighted by atomic mass is 9.96. The lowest BCUT2D eigenvalue weighted by molar-refractivity contribution is -0.141. The number of benzene rings is 2. The van der Waals surface area contributed by atoms with Gasteiger partial charge in [0.05, 0.1) is 17.3 Å². The van der Waals surface area contributed by atoms with Gasteiger partial charge in [0.2, 0.25) is 5.91 Å². The Morgan fingerprint density at radius 3 is 2.42 bits per heavy atom. The van der Waals surface area contributed by atoms with E-state index in [1.807, 2.05) is 41.8 Å². The zero-order valence-corrected chi connectivity index (χ0v) is 31.7. The maximum Gasteiger partial charge on any atom is 0.325 e. The number of nitrogens with two attached hydrogens (primary N) is 1. The summed E-state index contributed by atoms with van der Waals surface area (Å²) in [5.41, 5.74) is 9.37. The van der Waals surface area contributed by atoms with Crippen LogP contribution in [0.2, 0.25) is 5.02 Å². The molecule has 0 radical (unpaired) electrons. The fourth-order valence-corrected chi connectivity index (χ4v) is 7.80. The molecule has 0 bridgehead atoms. The number of thioether (sulfide) groups is 1. The van der Waals surface area contributed by atoms with Crippen molar-refractivity contribution in [1.29, 1.82) is 10.5 Å². The minimum Gasteiger partial charge on any atom is -0.492 e. The van der Waals surface area contributed by atoms with Gasteiger partial charge in [0, 0.05) is 46.9 Å². The van der Waals surface area contributed by atoms with E-state index in [9.17, 15) is 25.2 Å². The van der Waals surface area contributed by atoms with Gasteiger partial charge in [-0.2, -0.15) is 10.5 Å². The summed E-state index contributed by atoms with van der Waals surface area (Å²) in [6.07, 6.45) is 3.97. The maximum absolute atomic E-state index is 12.7. The minimum atomic E-state index is -1.11. The van der Waals surface area contributed by atoms with Crippen LogP contribution in [0.25, 0.3) is 21.7 Å². The number of nitrogens with one attached hydrogen (secondary N) is 2. The number of carboxylic acids is 1. The molecule has 2 aromatic heterocycles. The number of carbonyl (C=O) groups is 2. The van der Waals surface area contributed by atoms with E-state index in [0.29, 0.717) is 75.6 Å². The number of aromatic nitrogens is 2. The number of thiazole rings is 1. The number of hydrogen-bond acceptors (Lipinski definition) is 12. The van der Waals surface area contributed by atoms with Crippen molar-refractivity contribution in [3.63, 3.8) is 0 Å². The van der Waals surface area contributed by atoms with E-state index in [2.05, 4.69) is 27.7 Å². The molecule has 5 N–H and O–H groups in total. The van der Waals surface area contributed by atoms with Crippen LogP contribution in [0.4, 0.5) is 5.82 Å². The van der Waals surface area contributed by atoms with E-state index in [1.54, 1.807) is 12.1 Å². The van der Waals surface area contributed by atoms with Gasteiger partial charge in [-0.3, -0.25) is 9.59 Å². The van der Waals surface area contributed by atoms with Crippen LogP contribution in [-0.2, 0) is 15.3 Å². The Hall–Kier alpha value is -4.70. The Morgan fingerprint density at radius 1 is 1.06 bits per heavy atom. The summed E-state index contributed by atoms with van der Waals surface area (Å²) in [5.74, 6) is 0.144. The van der Waals surface area contributed by atoms with E-state index in [-0.39, 0.29) is 12.5 Å². The number of rotatable bonds is 18. The highest BCUT2D eigenvalue weighted by atomic mass is 35.5. The fourth-order valence-electron chi connectivity index (χ4n) is 5.87. The number of anilines is 1. The topological polar surface area (TPSA) is 190 Å². The number of hydrogen-bond donors (Lipinski definition) is 4. The highest BCUT2D eigenvalue weighted by Crippen LogP contribution is 2.40. The quantitative estimate of drug-likeness (QED) is 0.0661. The van der Waals surface area contributed by atoms with Crippen LogP contribution in [0.1, 0.15) is 55.8 Å². The number of ether oxygens (including phenoxy) is 1. The molecule has 2 atom stereocenters. The van der Waals surface area contributed by atoms with Crippen molar-refractivity contribution >= 4 is 52.4 Å². The SMILES string of the molecule is CC(NC(=O)C(CCCCN)NCCOc1ccc(-c2c(C#N)c(SCc3csc(-c4ccc(Cl)cc4)n3)nc(N3CCCC3)c2C#N)cc1)C(=O)O. The predicted octanol–water partition coefficient (Wildman–Crippen LogP) is 6.22. The van der Waals surface area contributed by atoms with Crippen LogP contribution in [0, 0.1) is 22.7 Å². The van der Waals surface area contributed by atoms with Crippen LogP contribution >= 0.6 is 34.7 Å². The maximum atomic E-state index is 12.7. The van der Waals surface area contributed by atoms with Crippen molar-refractivity contribution in [3.8, 4) is 39.6 Å². The molecular weight excluding hydrogens is 732 g/mol. The number of nitriles is 2. The first kappa shape index (κ1) is 39.5. The van der Waals surface area contributed by atoms with Crippen LogP contribution in [0.3, 0.4) is 0 Å². The second kappa shape index (κ2) is 19.4. The van der Waals surface area contributed by atoms with Crippen LogP contribution in [0.15, 0.2) is 58.9 Å². The normalized spacial score (nSPS) is 13.6. The number of nitrogens with zero attached hydrogens (tertiary/aromatic N) is 5. The van der Waals surface area contributed by atoms with E-state index in [4.69, 9.17) is 32.0 Å². The van der Waals surface area contributed by atoms with E-state index in [1.165, 1.54) is 30.0 Å². The second-order valence-electron chi connectivity index (χ2n) is 12.5. The predicted molar refractivity (Wildman–Crippen MR) is 208 cm³/mol. The van der Waals surface area contributed by atoms with E-state index < -0.39 is 18.1 Å². The molecule has 0 saturated carbocycles. The van der Waals surface area contributed by atoms with Gasteiger partial charge in [0.25, 0.3) is 0 Å². The minimum absolute atomic E-state index is 0.243. The van der Waals surface area contributed by atoms with Crippen LogP contribution in [-0.4, -0.2) is 71.8 Å². The average Bonchev–Trinajstić information content (AvgIpc) is 3.88. The molecule has 3 heterocycles. The molecule has 1 saturated heterocycles. The molecule has 15 heteroatoms. The van der Waals surface area contributed by atoms with Gasteiger partial charge in [-0.1, -0.05) is 54.0 Å². The van der Waals surface area contributed by atoms with Crippen molar-refractivity contribution in [3.05, 3.63) is 75.8 Å². The molecule has 0 aliphatic carbocycles. The Labute approximate surface area is 322 Å². The summed E-state index contributed by atoms with van der Waals surface area (Å²) in [7, 11) is 0. The third kappa shape index (κ3) is 10.5. The number of carboxylic acid groups (broad SMARTS) is 1. The molecular formula is C38H41ClN8O4S2. The summed E-state index contributed by atoms with van der Waals surface area (Å²) in [6.45, 7) is 4.07. The lowest BCUT2D eigenvalue weighted by Gasteiger charge is -2.22. The highest BCUT2D eigenvalue weighted by Gasteiger charge is 2.27. The molecule has 0 spiro atoms. The van der Waals surface area contributed by atoms with Gasteiger partial charge in [-0.15, -0.1) is 11.3 Å². The molecule has 1 aliphatic rings. The smallest absolute Gasteiger partial charge is 0.325 e. The van der Waals surface area contributed by atoms with Gasteiger partial charge < -0.3 is 31.1 Å². The van der Waals surface area contributed by atoms with Crippen molar-refractivity contribution in [2.24, 2.45) is 5.73 Å². The van der Waals surface area contributed by atoms with E-state index in [0.717, 1.165) is 48.6 Å². The Morgan fingerprint density at radius 2 is 1.75 bits per heavy atom. The molecule has 1 amide bonds. The highest BCUT2D eigenvalue weighted by molar-refractivity contribution is 7.98.